The standard InChI is InChI=1S/C15H16N2O3/c16-15(12-7-4-8-13(10-12)17(19)20)14(18)9-11-5-2-1-3-6-11/h1-8,10,14-15,18H,9,16H2/t14-,15+/m0/s1. The average molecular weight is 272 g/mol. The van der Waals surface area contributed by atoms with Gasteiger partial charge in [-0.2, -0.15) is 0 Å². The molecule has 0 amide bonds. The molecule has 3 N–H and O–H groups in total. The summed E-state index contributed by atoms with van der Waals surface area (Å²) in [6.07, 6.45) is -0.385. The van der Waals surface area contributed by atoms with Crippen LogP contribution in [0.15, 0.2) is 54.6 Å². The van der Waals surface area contributed by atoms with Crippen molar-refractivity contribution in [2.24, 2.45) is 5.73 Å². The Bertz CT molecular complexity index is 587. The van der Waals surface area contributed by atoms with Gasteiger partial charge in [-0.3, -0.25) is 10.1 Å². The Labute approximate surface area is 116 Å². The van der Waals surface area contributed by atoms with Crippen LogP contribution in [0.3, 0.4) is 0 Å². The van der Waals surface area contributed by atoms with Crippen molar-refractivity contribution >= 4 is 5.69 Å². The largest absolute Gasteiger partial charge is 0.391 e. The van der Waals surface area contributed by atoms with E-state index in [1.165, 1.54) is 12.1 Å². The van der Waals surface area contributed by atoms with Crippen molar-refractivity contribution in [3.05, 3.63) is 75.8 Å². The summed E-state index contributed by atoms with van der Waals surface area (Å²) >= 11 is 0. The fraction of sp³-hybridized carbons (Fsp3) is 0.200. The van der Waals surface area contributed by atoms with Crippen LogP contribution >= 0.6 is 0 Å². The van der Waals surface area contributed by atoms with Gasteiger partial charge in [0, 0.05) is 18.6 Å². The van der Waals surface area contributed by atoms with Crippen LogP contribution < -0.4 is 5.73 Å². The fourth-order valence-corrected chi connectivity index (χ4v) is 2.05. The average Bonchev–Trinajstić information content (AvgIpc) is 2.47. The molecule has 2 rings (SSSR count). The van der Waals surface area contributed by atoms with Crippen molar-refractivity contribution in [1.82, 2.24) is 0 Å². The van der Waals surface area contributed by atoms with Gasteiger partial charge in [-0.15, -0.1) is 0 Å². The van der Waals surface area contributed by atoms with Gasteiger partial charge in [-0.25, -0.2) is 0 Å². The smallest absolute Gasteiger partial charge is 0.269 e. The van der Waals surface area contributed by atoms with E-state index in [9.17, 15) is 15.2 Å². The van der Waals surface area contributed by atoms with Gasteiger partial charge >= 0.3 is 0 Å². The molecule has 5 nitrogen and oxygen atoms in total. The van der Waals surface area contributed by atoms with E-state index >= 15 is 0 Å². The zero-order valence-corrected chi connectivity index (χ0v) is 10.8. The van der Waals surface area contributed by atoms with Crippen LogP contribution in [0.2, 0.25) is 0 Å². The first-order valence-corrected chi connectivity index (χ1v) is 6.30. The number of nitro groups is 1. The van der Waals surface area contributed by atoms with Crippen molar-refractivity contribution in [3.8, 4) is 0 Å². The van der Waals surface area contributed by atoms with Crippen LogP contribution in [0.1, 0.15) is 17.2 Å². The molecular formula is C15H16N2O3. The van der Waals surface area contributed by atoms with E-state index in [0.717, 1.165) is 5.56 Å². The van der Waals surface area contributed by atoms with Gasteiger partial charge in [0.25, 0.3) is 5.69 Å². The Kier molecular flexibility index (Phi) is 4.45. The number of non-ortho nitro benzene ring substituents is 1. The number of rotatable bonds is 5. The molecule has 104 valence electrons. The Morgan fingerprint density at radius 1 is 1.15 bits per heavy atom. The maximum atomic E-state index is 10.7. The van der Waals surface area contributed by atoms with Crippen molar-refractivity contribution in [2.75, 3.05) is 0 Å². The molecule has 2 aromatic rings. The summed E-state index contributed by atoms with van der Waals surface area (Å²) in [5.74, 6) is 0. The Hall–Kier alpha value is -2.24. The molecule has 0 heterocycles. The van der Waals surface area contributed by atoms with Gasteiger partial charge in [0.05, 0.1) is 17.1 Å². The van der Waals surface area contributed by atoms with Gasteiger partial charge < -0.3 is 10.8 Å². The van der Waals surface area contributed by atoms with Gasteiger partial charge in [-0.1, -0.05) is 42.5 Å². The molecule has 0 aliphatic rings. The molecule has 0 aliphatic heterocycles. The SMILES string of the molecule is N[C@H](c1cccc([N+](=O)[O-])c1)[C@@H](O)Cc1ccccc1. The lowest BCUT2D eigenvalue weighted by Crippen LogP contribution is -2.28. The van der Waals surface area contributed by atoms with Gasteiger partial charge in [0.15, 0.2) is 0 Å². The third kappa shape index (κ3) is 3.40. The molecule has 0 aromatic heterocycles. The van der Waals surface area contributed by atoms with E-state index in [1.807, 2.05) is 30.3 Å². The highest BCUT2D eigenvalue weighted by molar-refractivity contribution is 5.36. The van der Waals surface area contributed by atoms with E-state index < -0.39 is 17.1 Å². The minimum atomic E-state index is -0.792. The summed E-state index contributed by atoms with van der Waals surface area (Å²) in [6, 6.07) is 14.9. The summed E-state index contributed by atoms with van der Waals surface area (Å²) in [5.41, 5.74) is 7.49. The fourth-order valence-electron chi connectivity index (χ4n) is 2.05. The topological polar surface area (TPSA) is 89.4 Å². The summed E-state index contributed by atoms with van der Waals surface area (Å²) in [6.45, 7) is 0. The Balaban J connectivity index is 2.12. The van der Waals surface area contributed by atoms with E-state index in [4.69, 9.17) is 5.73 Å². The third-order valence-electron chi connectivity index (χ3n) is 3.17. The van der Waals surface area contributed by atoms with Crippen molar-refractivity contribution in [3.63, 3.8) is 0 Å². The quantitative estimate of drug-likeness (QED) is 0.645. The molecule has 0 radical (unpaired) electrons. The number of benzene rings is 2. The second-order valence-corrected chi connectivity index (χ2v) is 4.63. The summed E-state index contributed by atoms with van der Waals surface area (Å²) in [5, 5.41) is 20.9. The first-order chi connectivity index (χ1) is 9.58. The second kappa shape index (κ2) is 6.27. The van der Waals surface area contributed by atoms with Crippen LogP contribution in [-0.4, -0.2) is 16.1 Å². The molecule has 0 saturated heterocycles. The Morgan fingerprint density at radius 2 is 1.85 bits per heavy atom. The first kappa shape index (κ1) is 14.2. The highest BCUT2D eigenvalue weighted by Gasteiger charge is 2.19. The van der Waals surface area contributed by atoms with Crippen LogP contribution in [0.25, 0.3) is 0 Å². The highest BCUT2D eigenvalue weighted by Crippen LogP contribution is 2.21. The molecular weight excluding hydrogens is 256 g/mol. The number of nitro benzene ring substituents is 1. The number of aliphatic hydroxyl groups excluding tert-OH is 1. The molecule has 0 aliphatic carbocycles. The zero-order valence-electron chi connectivity index (χ0n) is 10.8. The van der Waals surface area contributed by atoms with Crippen molar-refractivity contribution < 1.29 is 10.0 Å². The van der Waals surface area contributed by atoms with E-state index in [2.05, 4.69) is 0 Å². The summed E-state index contributed by atoms with van der Waals surface area (Å²) < 4.78 is 0. The predicted molar refractivity (Wildman–Crippen MR) is 76.2 cm³/mol. The monoisotopic (exact) mass is 272 g/mol. The van der Waals surface area contributed by atoms with E-state index in [-0.39, 0.29) is 5.69 Å². The van der Waals surface area contributed by atoms with Crippen LogP contribution in [0, 0.1) is 10.1 Å². The van der Waals surface area contributed by atoms with Crippen LogP contribution in [-0.2, 0) is 6.42 Å². The summed E-state index contributed by atoms with van der Waals surface area (Å²) in [7, 11) is 0. The third-order valence-corrected chi connectivity index (χ3v) is 3.17. The van der Waals surface area contributed by atoms with Gasteiger partial charge in [0.1, 0.15) is 0 Å². The molecule has 2 aromatic carbocycles. The molecule has 2 atom stereocenters. The van der Waals surface area contributed by atoms with Crippen LogP contribution in [0.4, 0.5) is 5.69 Å². The van der Waals surface area contributed by atoms with Crippen molar-refractivity contribution in [2.45, 2.75) is 18.6 Å². The molecule has 5 heteroatoms. The molecule has 0 spiro atoms. The second-order valence-electron chi connectivity index (χ2n) is 4.63. The van der Waals surface area contributed by atoms with Gasteiger partial charge in [0.2, 0.25) is 0 Å². The Morgan fingerprint density at radius 3 is 2.50 bits per heavy atom. The number of nitrogens with zero attached hydrogens (tertiary/aromatic N) is 1. The van der Waals surface area contributed by atoms with Crippen LogP contribution in [0.5, 0.6) is 0 Å². The zero-order chi connectivity index (χ0) is 14.5. The lowest BCUT2D eigenvalue weighted by Gasteiger charge is -2.19. The summed E-state index contributed by atoms with van der Waals surface area (Å²) in [4.78, 5) is 10.3. The number of nitrogens with two attached hydrogens (primary N) is 1. The number of aliphatic hydroxyl groups is 1. The lowest BCUT2D eigenvalue weighted by atomic mass is 9.96. The maximum absolute atomic E-state index is 10.7. The van der Waals surface area contributed by atoms with E-state index in [1.54, 1.807) is 12.1 Å². The molecule has 0 fully saturated rings. The number of hydrogen-bond donors (Lipinski definition) is 2. The normalized spacial score (nSPS) is 13.7. The van der Waals surface area contributed by atoms with Gasteiger partial charge in [-0.05, 0) is 11.1 Å². The van der Waals surface area contributed by atoms with E-state index in [0.29, 0.717) is 12.0 Å². The molecule has 20 heavy (non-hydrogen) atoms. The first-order valence-electron chi connectivity index (χ1n) is 6.30. The number of hydrogen-bond acceptors (Lipinski definition) is 4. The molecule has 0 unspecified atom stereocenters. The van der Waals surface area contributed by atoms with Crippen molar-refractivity contribution in [1.29, 1.82) is 0 Å². The maximum Gasteiger partial charge on any atom is 0.269 e. The predicted octanol–water partition coefficient (Wildman–Crippen LogP) is 2.20. The minimum Gasteiger partial charge on any atom is -0.391 e. The minimum absolute atomic E-state index is 0.0233. The lowest BCUT2D eigenvalue weighted by molar-refractivity contribution is -0.384. The molecule has 0 bridgehead atoms. The molecule has 0 saturated carbocycles. The highest BCUT2D eigenvalue weighted by atomic mass is 16.6.